The average molecular weight is 426 g/mol. The smallest absolute Gasteiger partial charge is 0.314 e. The highest BCUT2D eigenvalue weighted by atomic mass is 19.1. The number of piperidine rings is 1. The fourth-order valence-electron chi connectivity index (χ4n) is 4.57. The van der Waals surface area contributed by atoms with Crippen LogP contribution in [0.1, 0.15) is 18.4 Å². The third-order valence-corrected chi connectivity index (χ3v) is 6.13. The van der Waals surface area contributed by atoms with Gasteiger partial charge in [0, 0.05) is 32.4 Å². The fraction of sp³-hybridized carbons (Fsp3) is 0.333. The lowest BCUT2D eigenvalue weighted by Crippen LogP contribution is -2.35. The minimum Gasteiger partial charge on any atom is -0.346 e. The highest BCUT2D eigenvalue weighted by Crippen LogP contribution is 2.63. The number of carbonyl (C=O) groups excluding carboxylic acids is 2. The van der Waals surface area contributed by atoms with Crippen molar-refractivity contribution in [2.45, 2.75) is 18.4 Å². The molecule has 0 spiro atoms. The normalized spacial score (nSPS) is 21.8. The molecule has 3 heterocycles. The predicted molar refractivity (Wildman–Crippen MR) is 108 cm³/mol. The number of amides is 2. The van der Waals surface area contributed by atoms with Crippen molar-refractivity contribution in [3.05, 3.63) is 53.9 Å². The van der Waals surface area contributed by atoms with E-state index in [0.29, 0.717) is 29.3 Å². The fourth-order valence-corrected chi connectivity index (χ4v) is 4.57. The number of hydrogen-bond acceptors (Lipinski definition) is 5. The van der Waals surface area contributed by atoms with Crippen LogP contribution in [0.3, 0.4) is 0 Å². The minimum absolute atomic E-state index is 0.226. The molecule has 1 saturated heterocycles. The SMILES string of the molecule is CN(C)C(=O)C(=O)Nc1cnn2ccc(N3CC[C@H]4C[C@]43c3cc(F)ccc3F)nc12. The van der Waals surface area contributed by atoms with E-state index in [4.69, 9.17) is 0 Å². The maximum Gasteiger partial charge on any atom is 0.314 e. The second-order valence-corrected chi connectivity index (χ2v) is 8.16. The van der Waals surface area contributed by atoms with Crippen LogP contribution in [0, 0.1) is 17.6 Å². The molecule has 31 heavy (non-hydrogen) atoms. The Morgan fingerprint density at radius 2 is 2.06 bits per heavy atom. The molecule has 1 aromatic carbocycles. The van der Waals surface area contributed by atoms with Crippen LogP contribution in [0.15, 0.2) is 36.7 Å². The van der Waals surface area contributed by atoms with Gasteiger partial charge in [-0.1, -0.05) is 0 Å². The molecular formula is C21H20F2N6O2. The van der Waals surface area contributed by atoms with E-state index in [9.17, 15) is 18.4 Å². The quantitative estimate of drug-likeness (QED) is 0.649. The molecule has 2 aliphatic rings. The van der Waals surface area contributed by atoms with Gasteiger partial charge >= 0.3 is 11.8 Å². The van der Waals surface area contributed by atoms with Crippen LogP contribution < -0.4 is 10.2 Å². The van der Waals surface area contributed by atoms with Crippen molar-refractivity contribution in [1.82, 2.24) is 19.5 Å². The van der Waals surface area contributed by atoms with Crippen molar-refractivity contribution in [2.24, 2.45) is 5.92 Å². The zero-order valence-electron chi connectivity index (χ0n) is 17.0. The molecule has 160 valence electrons. The Bertz CT molecular complexity index is 1230. The Kier molecular flexibility index (Phi) is 4.21. The number of fused-ring (bicyclic) bond motifs is 2. The molecule has 2 atom stereocenters. The van der Waals surface area contributed by atoms with Gasteiger partial charge in [0.1, 0.15) is 23.1 Å². The molecule has 1 N–H and O–H groups in total. The number of carbonyl (C=O) groups is 2. The monoisotopic (exact) mass is 426 g/mol. The summed E-state index contributed by atoms with van der Waals surface area (Å²) in [5, 5.41) is 6.70. The van der Waals surface area contributed by atoms with E-state index in [2.05, 4.69) is 15.4 Å². The number of aromatic nitrogens is 3. The van der Waals surface area contributed by atoms with Gasteiger partial charge in [0.05, 0.1) is 11.7 Å². The van der Waals surface area contributed by atoms with Crippen molar-refractivity contribution < 1.29 is 18.4 Å². The summed E-state index contributed by atoms with van der Waals surface area (Å²) in [5.74, 6) is -1.60. The number of halogens is 2. The van der Waals surface area contributed by atoms with Gasteiger partial charge < -0.3 is 15.1 Å². The van der Waals surface area contributed by atoms with Gasteiger partial charge in [-0.05, 0) is 43.0 Å². The number of benzene rings is 1. The number of nitrogens with zero attached hydrogens (tertiary/aromatic N) is 5. The maximum atomic E-state index is 14.6. The number of anilines is 2. The number of nitrogens with one attached hydrogen (secondary N) is 1. The van der Waals surface area contributed by atoms with Gasteiger partial charge in [-0.2, -0.15) is 5.10 Å². The van der Waals surface area contributed by atoms with Crippen LogP contribution in [0.5, 0.6) is 0 Å². The Hall–Kier alpha value is -3.56. The van der Waals surface area contributed by atoms with Crippen LogP contribution in [-0.2, 0) is 15.1 Å². The largest absolute Gasteiger partial charge is 0.346 e. The Morgan fingerprint density at radius 1 is 1.26 bits per heavy atom. The standard InChI is InChI=1S/C21H20F2N6O2/c1-27(2)20(31)19(30)25-16-11-24-29-8-6-17(26-18(16)29)28-7-5-12-10-21(12,28)14-9-13(22)3-4-15(14)23/h3-4,6,8-9,11-12H,5,7,10H2,1-2H3,(H,25,30)/t12-,21+/m0/s1. The van der Waals surface area contributed by atoms with Crippen LogP contribution in [0.4, 0.5) is 20.3 Å². The topological polar surface area (TPSA) is 82.8 Å². The van der Waals surface area contributed by atoms with E-state index >= 15 is 0 Å². The van der Waals surface area contributed by atoms with Gasteiger partial charge in [0.25, 0.3) is 0 Å². The lowest BCUT2D eigenvalue weighted by molar-refractivity contribution is -0.141. The average Bonchev–Trinajstić information content (AvgIpc) is 3.15. The number of hydrogen-bond donors (Lipinski definition) is 1. The molecule has 0 radical (unpaired) electrons. The first-order valence-corrected chi connectivity index (χ1v) is 9.91. The zero-order valence-corrected chi connectivity index (χ0v) is 17.0. The van der Waals surface area contributed by atoms with Crippen molar-refractivity contribution in [2.75, 3.05) is 30.9 Å². The summed E-state index contributed by atoms with van der Waals surface area (Å²) in [5.41, 5.74) is 0.369. The first-order valence-electron chi connectivity index (χ1n) is 9.91. The molecule has 2 fully saturated rings. The van der Waals surface area contributed by atoms with Crippen LogP contribution in [0.25, 0.3) is 5.65 Å². The van der Waals surface area contributed by atoms with Crippen molar-refractivity contribution >= 4 is 29.0 Å². The highest BCUT2D eigenvalue weighted by molar-refractivity contribution is 6.39. The molecule has 5 rings (SSSR count). The van der Waals surface area contributed by atoms with E-state index in [1.165, 1.54) is 35.8 Å². The molecule has 0 bridgehead atoms. The van der Waals surface area contributed by atoms with E-state index in [1.807, 2.05) is 4.90 Å². The molecule has 1 aliphatic carbocycles. The second kappa shape index (κ2) is 6.73. The van der Waals surface area contributed by atoms with E-state index < -0.39 is 29.0 Å². The molecule has 2 aromatic heterocycles. The number of likely N-dealkylation sites (N-methyl/N-ethyl adjacent to an activating group) is 1. The summed E-state index contributed by atoms with van der Waals surface area (Å²) in [6, 6.07) is 5.31. The summed E-state index contributed by atoms with van der Waals surface area (Å²) in [4.78, 5) is 31.8. The molecule has 10 heteroatoms. The Balaban J connectivity index is 1.51. The lowest BCUT2D eigenvalue weighted by atomic mass is 10.0. The third kappa shape index (κ3) is 2.93. The molecule has 8 nitrogen and oxygen atoms in total. The van der Waals surface area contributed by atoms with E-state index in [-0.39, 0.29) is 5.92 Å². The molecule has 2 amide bonds. The van der Waals surface area contributed by atoms with Crippen molar-refractivity contribution in [3.63, 3.8) is 0 Å². The van der Waals surface area contributed by atoms with Gasteiger partial charge in [-0.3, -0.25) is 9.59 Å². The van der Waals surface area contributed by atoms with Gasteiger partial charge in [-0.25, -0.2) is 18.3 Å². The third-order valence-electron chi connectivity index (χ3n) is 6.13. The number of rotatable bonds is 3. The van der Waals surface area contributed by atoms with E-state index in [1.54, 1.807) is 12.3 Å². The first kappa shape index (κ1) is 19.4. The summed E-state index contributed by atoms with van der Waals surface area (Å²) < 4.78 is 30.0. The van der Waals surface area contributed by atoms with Crippen LogP contribution >= 0.6 is 0 Å². The molecule has 1 saturated carbocycles. The summed E-state index contributed by atoms with van der Waals surface area (Å²) in [6.07, 6.45) is 4.68. The van der Waals surface area contributed by atoms with Crippen LogP contribution in [0.2, 0.25) is 0 Å². The summed E-state index contributed by atoms with van der Waals surface area (Å²) >= 11 is 0. The molecular weight excluding hydrogens is 406 g/mol. The van der Waals surface area contributed by atoms with Crippen molar-refractivity contribution in [3.8, 4) is 0 Å². The minimum atomic E-state index is -0.797. The maximum absolute atomic E-state index is 14.6. The Labute approximate surface area is 176 Å². The predicted octanol–water partition coefficient (Wildman–Crippen LogP) is 2.16. The van der Waals surface area contributed by atoms with Crippen molar-refractivity contribution in [1.29, 1.82) is 0 Å². The first-order chi connectivity index (χ1) is 14.8. The van der Waals surface area contributed by atoms with Gasteiger partial charge in [0.2, 0.25) is 0 Å². The van der Waals surface area contributed by atoms with Crippen LogP contribution in [-0.4, -0.2) is 52.0 Å². The molecule has 0 unspecified atom stereocenters. The zero-order chi connectivity index (χ0) is 21.9. The summed E-state index contributed by atoms with van der Waals surface area (Å²) in [6.45, 7) is 0.652. The van der Waals surface area contributed by atoms with E-state index in [0.717, 1.165) is 25.0 Å². The van der Waals surface area contributed by atoms with Gasteiger partial charge in [-0.15, -0.1) is 0 Å². The lowest BCUT2D eigenvalue weighted by Gasteiger charge is -2.30. The molecule has 1 aliphatic heterocycles. The summed E-state index contributed by atoms with van der Waals surface area (Å²) in [7, 11) is 2.97. The van der Waals surface area contributed by atoms with Gasteiger partial charge in [0.15, 0.2) is 5.65 Å². The Morgan fingerprint density at radius 3 is 2.81 bits per heavy atom. The second-order valence-electron chi connectivity index (χ2n) is 8.16. The highest BCUT2D eigenvalue weighted by Gasteiger charge is 2.64. The molecule has 3 aromatic rings.